The van der Waals surface area contributed by atoms with E-state index in [-0.39, 0.29) is 23.9 Å². The Balaban J connectivity index is 1.89. The van der Waals surface area contributed by atoms with Crippen LogP contribution in [0.2, 0.25) is 0 Å². The second-order valence-electron chi connectivity index (χ2n) is 5.73. The Morgan fingerprint density at radius 3 is 2.77 bits per heavy atom. The Kier molecular flexibility index (Phi) is 5.77. The molecule has 0 aromatic heterocycles. The molecule has 1 aliphatic heterocycles. The van der Waals surface area contributed by atoms with E-state index < -0.39 is 0 Å². The van der Waals surface area contributed by atoms with Crippen LogP contribution in [0.3, 0.4) is 0 Å². The predicted octanol–water partition coefficient (Wildman–Crippen LogP) is 1.39. The Morgan fingerprint density at radius 1 is 1.36 bits per heavy atom. The van der Waals surface area contributed by atoms with E-state index in [1.165, 1.54) is 0 Å². The van der Waals surface area contributed by atoms with Crippen LogP contribution < -0.4 is 16.4 Å². The third-order valence-corrected chi connectivity index (χ3v) is 3.85. The number of para-hydroxylation sites is 1. The van der Waals surface area contributed by atoms with E-state index >= 15 is 0 Å². The maximum atomic E-state index is 12.3. The van der Waals surface area contributed by atoms with Gasteiger partial charge >= 0.3 is 6.03 Å². The standard InChI is InChI=1S/C16H24N4O2/c1-12(10-17)18-15(21)13-6-5-9-20(11-13)16(22)19-14-7-3-2-4-8-14/h2-4,7-8,12-13H,5-6,9-11,17H2,1H3,(H,18,21)(H,19,22)/t12-,13?/m0/s1. The van der Waals surface area contributed by atoms with Crippen LogP contribution in [0.5, 0.6) is 0 Å². The topological polar surface area (TPSA) is 87.5 Å². The number of anilines is 1. The summed E-state index contributed by atoms with van der Waals surface area (Å²) in [6.45, 7) is 3.41. The van der Waals surface area contributed by atoms with Gasteiger partial charge in [-0.05, 0) is 31.9 Å². The van der Waals surface area contributed by atoms with E-state index in [2.05, 4.69) is 10.6 Å². The van der Waals surface area contributed by atoms with Gasteiger partial charge in [0.05, 0.1) is 5.92 Å². The molecular formula is C16H24N4O2. The van der Waals surface area contributed by atoms with Gasteiger partial charge in [-0.2, -0.15) is 0 Å². The smallest absolute Gasteiger partial charge is 0.321 e. The molecule has 2 rings (SSSR count). The number of urea groups is 1. The van der Waals surface area contributed by atoms with E-state index in [9.17, 15) is 9.59 Å². The van der Waals surface area contributed by atoms with Crippen LogP contribution in [0.1, 0.15) is 19.8 Å². The number of carbonyl (C=O) groups is 2. The maximum absolute atomic E-state index is 12.3. The maximum Gasteiger partial charge on any atom is 0.321 e. The Bertz CT molecular complexity index is 506. The normalized spacial score (nSPS) is 19.4. The van der Waals surface area contributed by atoms with Crippen LogP contribution in [-0.2, 0) is 4.79 Å². The molecule has 6 nitrogen and oxygen atoms in total. The highest BCUT2D eigenvalue weighted by Crippen LogP contribution is 2.18. The molecule has 1 aliphatic rings. The van der Waals surface area contributed by atoms with Crippen molar-refractivity contribution in [1.82, 2.24) is 10.2 Å². The summed E-state index contributed by atoms with van der Waals surface area (Å²) in [6.07, 6.45) is 1.63. The molecule has 1 aromatic carbocycles. The van der Waals surface area contributed by atoms with Crippen LogP contribution in [0, 0.1) is 5.92 Å². The monoisotopic (exact) mass is 304 g/mol. The zero-order valence-electron chi connectivity index (χ0n) is 12.9. The summed E-state index contributed by atoms with van der Waals surface area (Å²) in [5.41, 5.74) is 6.28. The summed E-state index contributed by atoms with van der Waals surface area (Å²) in [5.74, 6) is -0.181. The second-order valence-corrected chi connectivity index (χ2v) is 5.73. The molecule has 4 N–H and O–H groups in total. The number of benzene rings is 1. The van der Waals surface area contributed by atoms with Gasteiger partial charge in [0.1, 0.15) is 0 Å². The van der Waals surface area contributed by atoms with E-state index in [1.807, 2.05) is 37.3 Å². The lowest BCUT2D eigenvalue weighted by Gasteiger charge is -2.32. The average Bonchev–Trinajstić information content (AvgIpc) is 2.55. The van der Waals surface area contributed by atoms with Crippen LogP contribution in [0.4, 0.5) is 10.5 Å². The third kappa shape index (κ3) is 4.46. The number of nitrogens with two attached hydrogens (primary N) is 1. The molecule has 0 radical (unpaired) electrons. The highest BCUT2D eigenvalue weighted by atomic mass is 16.2. The van der Waals surface area contributed by atoms with Crippen LogP contribution in [-0.4, -0.2) is 42.5 Å². The van der Waals surface area contributed by atoms with Crippen molar-refractivity contribution in [3.8, 4) is 0 Å². The van der Waals surface area contributed by atoms with Gasteiger partial charge in [0, 0.05) is 31.4 Å². The van der Waals surface area contributed by atoms with Gasteiger partial charge in [-0.3, -0.25) is 4.79 Å². The molecule has 2 atom stereocenters. The van der Waals surface area contributed by atoms with Crippen LogP contribution in [0.25, 0.3) is 0 Å². The van der Waals surface area contributed by atoms with Gasteiger partial charge in [-0.25, -0.2) is 4.79 Å². The molecule has 1 unspecified atom stereocenters. The van der Waals surface area contributed by atoms with E-state index in [4.69, 9.17) is 5.73 Å². The summed E-state index contributed by atoms with van der Waals surface area (Å²) >= 11 is 0. The molecule has 0 aliphatic carbocycles. The van der Waals surface area contributed by atoms with Crippen molar-refractivity contribution in [3.05, 3.63) is 30.3 Å². The first kappa shape index (κ1) is 16.3. The highest BCUT2D eigenvalue weighted by Gasteiger charge is 2.28. The van der Waals surface area contributed by atoms with Crippen molar-refractivity contribution in [2.75, 3.05) is 25.0 Å². The number of amides is 3. The van der Waals surface area contributed by atoms with E-state index in [0.717, 1.165) is 18.5 Å². The molecule has 0 spiro atoms. The Hall–Kier alpha value is -2.08. The summed E-state index contributed by atoms with van der Waals surface area (Å²) in [5, 5.41) is 5.74. The molecule has 120 valence electrons. The van der Waals surface area contributed by atoms with E-state index in [0.29, 0.717) is 19.6 Å². The van der Waals surface area contributed by atoms with Gasteiger partial charge in [-0.1, -0.05) is 18.2 Å². The number of nitrogens with zero attached hydrogens (tertiary/aromatic N) is 1. The zero-order chi connectivity index (χ0) is 15.9. The number of hydrogen-bond acceptors (Lipinski definition) is 3. The molecule has 22 heavy (non-hydrogen) atoms. The number of rotatable bonds is 4. The van der Waals surface area contributed by atoms with Crippen molar-refractivity contribution in [3.63, 3.8) is 0 Å². The fraction of sp³-hybridized carbons (Fsp3) is 0.500. The van der Waals surface area contributed by atoms with Gasteiger partial charge in [0.2, 0.25) is 5.91 Å². The lowest BCUT2D eigenvalue weighted by molar-refractivity contribution is -0.126. The zero-order valence-corrected chi connectivity index (χ0v) is 12.9. The molecule has 1 fully saturated rings. The average molecular weight is 304 g/mol. The molecule has 6 heteroatoms. The third-order valence-electron chi connectivity index (χ3n) is 3.85. The number of nitrogens with one attached hydrogen (secondary N) is 2. The molecular weight excluding hydrogens is 280 g/mol. The summed E-state index contributed by atoms with van der Waals surface area (Å²) in [4.78, 5) is 26.1. The molecule has 1 saturated heterocycles. The highest BCUT2D eigenvalue weighted by molar-refractivity contribution is 5.90. The quantitative estimate of drug-likeness (QED) is 0.785. The van der Waals surface area contributed by atoms with Crippen LogP contribution >= 0.6 is 0 Å². The fourth-order valence-corrected chi connectivity index (χ4v) is 2.52. The molecule has 0 bridgehead atoms. The number of carbonyl (C=O) groups excluding carboxylic acids is 2. The van der Waals surface area contributed by atoms with Gasteiger partial charge in [0.15, 0.2) is 0 Å². The van der Waals surface area contributed by atoms with E-state index in [1.54, 1.807) is 4.90 Å². The lowest BCUT2D eigenvalue weighted by Crippen LogP contribution is -2.49. The lowest BCUT2D eigenvalue weighted by atomic mass is 9.97. The van der Waals surface area contributed by atoms with Gasteiger partial charge in [0.25, 0.3) is 0 Å². The fourth-order valence-electron chi connectivity index (χ4n) is 2.52. The largest absolute Gasteiger partial charge is 0.352 e. The Morgan fingerprint density at radius 2 is 2.09 bits per heavy atom. The predicted molar refractivity (Wildman–Crippen MR) is 86.4 cm³/mol. The summed E-state index contributed by atoms with van der Waals surface area (Å²) in [6, 6.07) is 9.13. The van der Waals surface area contributed by atoms with Gasteiger partial charge in [-0.15, -0.1) is 0 Å². The van der Waals surface area contributed by atoms with Crippen molar-refractivity contribution < 1.29 is 9.59 Å². The van der Waals surface area contributed by atoms with Crippen LogP contribution in [0.15, 0.2) is 30.3 Å². The molecule has 1 aromatic rings. The number of hydrogen-bond donors (Lipinski definition) is 3. The molecule has 3 amide bonds. The van der Waals surface area contributed by atoms with Crippen molar-refractivity contribution in [2.45, 2.75) is 25.8 Å². The summed E-state index contributed by atoms with van der Waals surface area (Å²) in [7, 11) is 0. The second kappa shape index (κ2) is 7.79. The van der Waals surface area contributed by atoms with Gasteiger partial charge < -0.3 is 21.3 Å². The SMILES string of the molecule is C[C@@H](CN)NC(=O)C1CCCN(C(=O)Nc2ccccc2)C1. The van der Waals surface area contributed by atoms with Crippen molar-refractivity contribution >= 4 is 17.6 Å². The first-order valence-corrected chi connectivity index (χ1v) is 7.71. The minimum absolute atomic E-state index is 0.0184. The Labute approximate surface area is 131 Å². The van der Waals surface area contributed by atoms with Crippen molar-refractivity contribution in [2.24, 2.45) is 11.7 Å². The molecule has 0 saturated carbocycles. The van der Waals surface area contributed by atoms with Crippen molar-refractivity contribution in [1.29, 1.82) is 0 Å². The summed E-state index contributed by atoms with van der Waals surface area (Å²) < 4.78 is 0. The first-order valence-electron chi connectivity index (χ1n) is 7.71. The molecule has 1 heterocycles. The minimum Gasteiger partial charge on any atom is -0.352 e. The first-order chi connectivity index (χ1) is 10.6. The number of likely N-dealkylation sites (tertiary alicyclic amines) is 1. The minimum atomic E-state index is -0.163. The number of piperidine rings is 1.